The summed E-state index contributed by atoms with van der Waals surface area (Å²) in [6.07, 6.45) is 3.33. The minimum atomic E-state index is -0.224. The topological polar surface area (TPSA) is 55.1 Å². The minimum absolute atomic E-state index is 0.00966. The summed E-state index contributed by atoms with van der Waals surface area (Å²) in [4.78, 5) is 17.2. The van der Waals surface area contributed by atoms with Gasteiger partial charge in [-0.1, -0.05) is 48.5 Å². The smallest absolute Gasteiger partial charge is 0.226 e. The molecule has 0 spiro atoms. The largest absolute Gasteiger partial charge is 0.441 e. The first-order chi connectivity index (χ1) is 12.7. The van der Waals surface area contributed by atoms with Crippen LogP contribution in [0.1, 0.15) is 36.3 Å². The molecule has 1 amide bonds. The van der Waals surface area contributed by atoms with E-state index in [0.29, 0.717) is 17.3 Å². The van der Waals surface area contributed by atoms with Gasteiger partial charge in [0, 0.05) is 5.56 Å². The quantitative estimate of drug-likeness (QED) is 0.745. The predicted molar refractivity (Wildman–Crippen MR) is 100 cm³/mol. The summed E-state index contributed by atoms with van der Waals surface area (Å²) in [6, 6.07) is 20.0. The van der Waals surface area contributed by atoms with Crippen LogP contribution in [0.25, 0.3) is 11.5 Å². The van der Waals surface area contributed by atoms with E-state index < -0.39 is 0 Å². The predicted octanol–water partition coefficient (Wildman–Crippen LogP) is 4.39. The van der Waals surface area contributed by atoms with E-state index in [-0.39, 0.29) is 17.9 Å². The number of rotatable bonds is 5. The Balaban J connectivity index is 1.49. The van der Waals surface area contributed by atoms with E-state index in [9.17, 15) is 4.79 Å². The van der Waals surface area contributed by atoms with Crippen LogP contribution >= 0.6 is 0 Å². The third-order valence-electron chi connectivity index (χ3n) is 5.15. The van der Waals surface area contributed by atoms with Crippen LogP contribution in [0.3, 0.4) is 0 Å². The van der Waals surface area contributed by atoms with Crippen LogP contribution in [-0.2, 0) is 16.8 Å². The molecule has 1 aliphatic rings. The van der Waals surface area contributed by atoms with E-state index in [1.165, 1.54) is 5.56 Å². The number of oxazole rings is 1. The molecule has 1 heterocycles. The van der Waals surface area contributed by atoms with Gasteiger partial charge < -0.3 is 9.73 Å². The zero-order valence-corrected chi connectivity index (χ0v) is 14.9. The van der Waals surface area contributed by atoms with Gasteiger partial charge in [-0.05, 0) is 43.9 Å². The van der Waals surface area contributed by atoms with Crippen molar-refractivity contribution in [3.63, 3.8) is 0 Å². The molecule has 1 aliphatic carbocycles. The van der Waals surface area contributed by atoms with Gasteiger partial charge in [-0.2, -0.15) is 0 Å². The lowest BCUT2D eigenvalue weighted by molar-refractivity contribution is -0.123. The fourth-order valence-electron chi connectivity index (χ4n) is 3.53. The molecule has 4 rings (SSSR count). The standard InChI is InChI=1S/C22H22N2O2/c1-16-19(23-21(26-16)17-9-4-2-5-10-17)15-20(25)24-22(13-8-14-22)18-11-6-3-7-12-18/h2-7,9-12H,8,13-15H2,1H3,(H,24,25). The lowest BCUT2D eigenvalue weighted by Gasteiger charge is -2.43. The molecule has 0 unspecified atom stereocenters. The van der Waals surface area contributed by atoms with Crippen LogP contribution in [0.5, 0.6) is 0 Å². The van der Waals surface area contributed by atoms with Crippen LogP contribution in [-0.4, -0.2) is 10.9 Å². The zero-order valence-electron chi connectivity index (χ0n) is 14.9. The van der Waals surface area contributed by atoms with Gasteiger partial charge in [-0.15, -0.1) is 0 Å². The number of nitrogens with one attached hydrogen (secondary N) is 1. The fourth-order valence-corrected chi connectivity index (χ4v) is 3.53. The van der Waals surface area contributed by atoms with E-state index in [0.717, 1.165) is 24.8 Å². The lowest BCUT2D eigenvalue weighted by atomic mass is 9.71. The molecule has 26 heavy (non-hydrogen) atoms. The van der Waals surface area contributed by atoms with E-state index >= 15 is 0 Å². The number of aryl methyl sites for hydroxylation is 1. The third kappa shape index (κ3) is 3.15. The summed E-state index contributed by atoms with van der Waals surface area (Å²) in [7, 11) is 0. The van der Waals surface area contributed by atoms with Crippen LogP contribution in [0.4, 0.5) is 0 Å². The maximum atomic E-state index is 12.7. The summed E-state index contributed by atoms with van der Waals surface area (Å²) < 4.78 is 5.77. The first kappa shape index (κ1) is 16.6. The third-order valence-corrected chi connectivity index (χ3v) is 5.15. The van der Waals surface area contributed by atoms with Gasteiger partial charge in [0.2, 0.25) is 11.8 Å². The first-order valence-electron chi connectivity index (χ1n) is 9.05. The Bertz CT molecular complexity index is 896. The molecule has 132 valence electrons. The van der Waals surface area contributed by atoms with Crippen molar-refractivity contribution in [1.82, 2.24) is 10.3 Å². The number of nitrogens with zero attached hydrogens (tertiary/aromatic N) is 1. The second-order valence-corrected chi connectivity index (χ2v) is 6.91. The zero-order chi connectivity index (χ0) is 18.0. The number of carbonyl (C=O) groups is 1. The van der Waals surface area contributed by atoms with Gasteiger partial charge in [0.05, 0.1) is 17.7 Å². The average molecular weight is 346 g/mol. The number of benzene rings is 2. The van der Waals surface area contributed by atoms with Gasteiger partial charge in [0.1, 0.15) is 5.76 Å². The van der Waals surface area contributed by atoms with E-state index in [1.807, 2.05) is 55.5 Å². The summed E-state index contributed by atoms with van der Waals surface area (Å²) in [5.41, 5.74) is 2.57. The number of amides is 1. The Morgan fingerprint density at radius 3 is 2.35 bits per heavy atom. The molecule has 1 N–H and O–H groups in total. The highest BCUT2D eigenvalue weighted by atomic mass is 16.4. The van der Waals surface area contributed by atoms with Crippen LogP contribution in [0.2, 0.25) is 0 Å². The van der Waals surface area contributed by atoms with Crippen molar-refractivity contribution in [2.75, 3.05) is 0 Å². The monoisotopic (exact) mass is 346 g/mol. The number of aromatic nitrogens is 1. The Morgan fingerprint density at radius 2 is 1.73 bits per heavy atom. The Morgan fingerprint density at radius 1 is 1.08 bits per heavy atom. The SMILES string of the molecule is Cc1oc(-c2ccccc2)nc1CC(=O)NC1(c2ccccc2)CCC1. The van der Waals surface area contributed by atoms with Crippen LogP contribution < -0.4 is 5.32 Å². The maximum absolute atomic E-state index is 12.7. The molecular weight excluding hydrogens is 324 g/mol. The van der Waals surface area contributed by atoms with Gasteiger partial charge in [-0.3, -0.25) is 4.79 Å². The Labute approximate surface area is 153 Å². The summed E-state index contributed by atoms with van der Waals surface area (Å²) in [6.45, 7) is 1.86. The van der Waals surface area contributed by atoms with Crippen molar-refractivity contribution in [3.05, 3.63) is 77.7 Å². The summed E-state index contributed by atoms with van der Waals surface area (Å²) in [5.74, 6) is 1.25. The highest BCUT2D eigenvalue weighted by Crippen LogP contribution is 2.41. The second-order valence-electron chi connectivity index (χ2n) is 6.91. The Hall–Kier alpha value is -2.88. The van der Waals surface area contributed by atoms with Gasteiger partial charge in [0.15, 0.2) is 0 Å². The van der Waals surface area contributed by atoms with Gasteiger partial charge in [0.25, 0.3) is 0 Å². The van der Waals surface area contributed by atoms with Crippen molar-refractivity contribution in [2.24, 2.45) is 0 Å². The molecule has 1 aromatic heterocycles. The molecule has 4 heteroatoms. The van der Waals surface area contributed by atoms with Gasteiger partial charge in [-0.25, -0.2) is 4.98 Å². The minimum Gasteiger partial charge on any atom is -0.441 e. The van der Waals surface area contributed by atoms with E-state index in [2.05, 4.69) is 22.4 Å². The average Bonchev–Trinajstić information content (AvgIpc) is 3.00. The van der Waals surface area contributed by atoms with Crippen molar-refractivity contribution in [2.45, 2.75) is 38.1 Å². The molecule has 2 aromatic carbocycles. The summed E-state index contributed by atoms with van der Waals surface area (Å²) in [5, 5.41) is 3.25. The normalized spacial score (nSPS) is 15.3. The van der Waals surface area contributed by atoms with E-state index in [1.54, 1.807) is 0 Å². The highest BCUT2D eigenvalue weighted by Gasteiger charge is 2.39. The molecule has 0 atom stereocenters. The molecule has 1 saturated carbocycles. The fraction of sp³-hybridized carbons (Fsp3) is 0.273. The molecule has 4 nitrogen and oxygen atoms in total. The molecule has 3 aromatic rings. The van der Waals surface area contributed by atoms with Gasteiger partial charge >= 0.3 is 0 Å². The number of hydrogen-bond donors (Lipinski definition) is 1. The molecule has 0 bridgehead atoms. The molecule has 0 radical (unpaired) electrons. The van der Waals surface area contributed by atoms with Crippen molar-refractivity contribution >= 4 is 5.91 Å². The molecule has 0 aliphatic heterocycles. The lowest BCUT2D eigenvalue weighted by Crippen LogP contribution is -2.51. The highest BCUT2D eigenvalue weighted by molar-refractivity contribution is 5.79. The molecule has 0 saturated heterocycles. The first-order valence-corrected chi connectivity index (χ1v) is 9.05. The van der Waals surface area contributed by atoms with Crippen molar-refractivity contribution in [1.29, 1.82) is 0 Å². The maximum Gasteiger partial charge on any atom is 0.226 e. The Kier molecular flexibility index (Phi) is 4.33. The summed E-state index contributed by atoms with van der Waals surface area (Å²) >= 11 is 0. The van der Waals surface area contributed by atoms with Crippen LogP contribution in [0, 0.1) is 6.92 Å². The van der Waals surface area contributed by atoms with Crippen molar-refractivity contribution in [3.8, 4) is 11.5 Å². The number of carbonyl (C=O) groups excluding carboxylic acids is 1. The van der Waals surface area contributed by atoms with Crippen LogP contribution in [0.15, 0.2) is 65.1 Å². The second kappa shape index (κ2) is 6.79. The van der Waals surface area contributed by atoms with Crippen molar-refractivity contribution < 1.29 is 9.21 Å². The molecular formula is C22H22N2O2. The van der Waals surface area contributed by atoms with E-state index in [4.69, 9.17) is 4.42 Å². The number of hydrogen-bond acceptors (Lipinski definition) is 3. The molecule has 1 fully saturated rings.